The minimum Gasteiger partial charge on any atom is -0.396 e. The van der Waals surface area contributed by atoms with Gasteiger partial charge in [-0.05, 0) is 38.0 Å². The number of hydrogen-bond donors (Lipinski definition) is 1. The zero-order valence-corrected chi connectivity index (χ0v) is 10.4. The lowest BCUT2D eigenvalue weighted by Gasteiger charge is -2.24. The van der Waals surface area contributed by atoms with Gasteiger partial charge in [-0.1, -0.05) is 0 Å². The molecule has 2 saturated heterocycles. The molecule has 1 N–H and O–H groups in total. The van der Waals surface area contributed by atoms with Crippen LogP contribution in [0.4, 0.5) is 0 Å². The highest BCUT2D eigenvalue weighted by Crippen LogP contribution is 2.22. The largest absolute Gasteiger partial charge is 0.396 e. The maximum Gasteiger partial charge on any atom is 0.225 e. The Morgan fingerprint density at radius 1 is 1.35 bits per heavy atom. The minimum absolute atomic E-state index is 0.146. The molecule has 0 aromatic rings. The van der Waals surface area contributed by atoms with Crippen molar-refractivity contribution < 1.29 is 14.6 Å². The Hall–Kier alpha value is -0.610. The highest BCUT2D eigenvalue weighted by molar-refractivity contribution is 5.77. The van der Waals surface area contributed by atoms with Crippen molar-refractivity contribution in [2.24, 2.45) is 5.92 Å². The lowest BCUT2D eigenvalue weighted by Crippen LogP contribution is -2.33. The van der Waals surface area contributed by atoms with Crippen molar-refractivity contribution in [1.82, 2.24) is 4.90 Å². The summed E-state index contributed by atoms with van der Waals surface area (Å²) in [7, 11) is 0. The van der Waals surface area contributed by atoms with Gasteiger partial charge < -0.3 is 14.7 Å². The number of carbonyl (C=O) groups is 1. The van der Waals surface area contributed by atoms with Crippen LogP contribution >= 0.6 is 0 Å². The van der Waals surface area contributed by atoms with Crippen molar-refractivity contribution in [1.29, 1.82) is 0 Å². The molecule has 2 heterocycles. The highest BCUT2D eigenvalue weighted by Gasteiger charge is 2.27. The Labute approximate surface area is 103 Å². The lowest BCUT2D eigenvalue weighted by atomic mass is 10.1. The van der Waals surface area contributed by atoms with Crippen LogP contribution in [-0.2, 0) is 9.53 Å². The lowest BCUT2D eigenvalue weighted by molar-refractivity contribution is -0.134. The molecule has 4 nitrogen and oxygen atoms in total. The van der Waals surface area contributed by atoms with Crippen LogP contribution in [0.15, 0.2) is 0 Å². The fraction of sp³-hybridized carbons (Fsp3) is 0.923. The fourth-order valence-electron chi connectivity index (χ4n) is 2.77. The molecule has 0 radical (unpaired) electrons. The van der Waals surface area contributed by atoms with Gasteiger partial charge in [-0.2, -0.15) is 0 Å². The number of aliphatic hydroxyl groups is 1. The summed E-state index contributed by atoms with van der Waals surface area (Å²) in [6, 6.07) is 0. The van der Waals surface area contributed by atoms with Crippen LogP contribution in [-0.4, -0.2) is 48.3 Å². The van der Waals surface area contributed by atoms with E-state index in [0.717, 1.165) is 45.4 Å². The van der Waals surface area contributed by atoms with Crippen molar-refractivity contribution in [2.75, 3.05) is 26.3 Å². The Bertz CT molecular complexity index is 251. The van der Waals surface area contributed by atoms with E-state index in [4.69, 9.17) is 9.84 Å². The van der Waals surface area contributed by atoms with Crippen LogP contribution in [0.25, 0.3) is 0 Å². The zero-order valence-electron chi connectivity index (χ0n) is 10.4. The predicted molar refractivity (Wildman–Crippen MR) is 64.6 cm³/mol. The molecule has 0 aliphatic carbocycles. The molecule has 0 spiro atoms. The quantitative estimate of drug-likeness (QED) is 0.804. The van der Waals surface area contributed by atoms with Crippen molar-refractivity contribution in [2.45, 2.75) is 44.6 Å². The monoisotopic (exact) mass is 241 g/mol. The van der Waals surface area contributed by atoms with Gasteiger partial charge in [0, 0.05) is 26.3 Å². The molecule has 98 valence electrons. The summed E-state index contributed by atoms with van der Waals surface area (Å²) >= 11 is 0. The Kier molecular flexibility index (Phi) is 4.80. The second-order valence-electron chi connectivity index (χ2n) is 5.20. The number of amides is 1. The molecule has 4 heteroatoms. The summed E-state index contributed by atoms with van der Waals surface area (Å²) in [6.07, 6.45) is 5.90. The van der Waals surface area contributed by atoms with Gasteiger partial charge in [0.1, 0.15) is 0 Å². The van der Waals surface area contributed by atoms with E-state index in [1.807, 2.05) is 4.90 Å². The summed E-state index contributed by atoms with van der Waals surface area (Å²) in [4.78, 5) is 14.0. The van der Waals surface area contributed by atoms with E-state index in [9.17, 15) is 4.79 Å². The molecule has 2 fully saturated rings. The number of aliphatic hydroxyl groups excluding tert-OH is 1. The van der Waals surface area contributed by atoms with Crippen LogP contribution in [0.5, 0.6) is 0 Å². The van der Waals surface area contributed by atoms with Gasteiger partial charge in [0.2, 0.25) is 5.91 Å². The molecule has 2 unspecified atom stereocenters. The SMILES string of the molecule is O=C(CC1CCCCO1)N1CCC(CCO)C1. The molecule has 2 aliphatic heterocycles. The molecule has 1 amide bonds. The number of carbonyl (C=O) groups excluding carboxylic acids is 1. The van der Waals surface area contributed by atoms with E-state index in [2.05, 4.69) is 0 Å². The van der Waals surface area contributed by atoms with E-state index >= 15 is 0 Å². The maximum absolute atomic E-state index is 12.0. The normalized spacial score (nSPS) is 29.6. The van der Waals surface area contributed by atoms with Gasteiger partial charge in [-0.3, -0.25) is 4.79 Å². The van der Waals surface area contributed by atoms with E-state index in [1.165, 1.54) is 6.42 Å². The summed E-state index contributed by atoms with van der Waals surface area (Å²) in [5.41, 5.74) is 0. The Morgan fingerprint density at radius 2 is 2.24 bits per heavy atom. The Balaban J connectivity index is 1.72. The number of ether oxygens (including phenoxy) is 1. The number of likely N-dealkylation sites (tertiary alicyclic amines) is 1. The second-order valence-corrected chi connectivity index (χ2v) is 5.20. The number of nitrogens with zero attached hydrogens (tertiary/aromatic N) is 1. The molecule has 0 bridgehead atoms. The molecular formula is C13H23NO3. The highest BCUT2D eigenvalue weighted by atomic mass is 16.5. The topological polar surface area (TPSA) is 49.8 Å². The first kappa shape index (κ1) is 12.8. The van der Waals surface area contributed by atoms with Gasteiger partial charge in [-0.15, -0.1) is 0 Å². The third-order valence-electron chi connectivity index (χ3n) is 3.85. The van der Waals surface area contributed by atoms with Gasteiger partial charge in [0.15, 0.2) is 0 Å². The molecule has 0 aromatic carbocycles. The Morgan fingerprint density at radius 3 is 2.94 bits per heavy atom. The van der Waals surface area contributed by atoms with Crippen LogP contribution < -0.4 is 0 Å². The first-order valence-electron chi connectivity index (χ1n) is 6.80. The summed E-state index contributed by atoms with van der Waals surface area (Å²) in [6.45, 7) is 2.73. The average molecular weight is 241 g/mol. The van der Waals surface area contributed by atoms with Crippen molar-refractivity contribution in [3.8, 4) is 0 Å². The summed E-state index contributed by atoms with van der Waals surface area (Å²) in [5.74, 6) is 0.730. The predicted octanol–water partition coefficient (Wildman–Crippen LogP) is 1.18. The van der Waals surface area contributed by atoms with Crippen molar-refractivity contribution >= 4 is 5.91 Å². The van der Waals surface area contributed by atoms with Gasteiger partial charge >= 0.3 is 0 Å². The van der Waals surface area contributed by atoms with E-state index in [1.54, 1.807) is 0 Å². The van der Waals surface area contributed by atoms with Crippen LogP contribution in [0, 0.1) is 5.92 Å². The van der Waals surface area contributed by atoms with Gasteiger partial charge in [0.05, 0.1) is 12.5 Å². The van der Waals surface area contributed by atoms with Crippen LogP contribution in [0.3, 0.4) is 0 Å². The molecule has 2 atom stereocenters. The number of rotatable bonds is 4. The number of hydrogen-bond acceptors (Lipinski definition) is 3. The molecule has 17 heavy (non-hydrogen) atoms. The third-order valence-corrected chi connectivity index (χ3v) is 3.85. The fourth-order valence-corrected chi connectivity index (χ4v) is 2.77. The van der Waals surface area contributed by atoms with E-state index in [0.29, 0.717) is 12.3 Å². The molecule has 0 saturated carbocycles. The first-order chi connectivity index (χ1) is 8.29. The van der Waals surface area contributed by atoms with Crippen LogP contribution in [0.1, 0.15) is 38.5 Å². The molecule has 2 rings (SSSR count). The van der Waals surface area contributed by atoms with E-state index < -0.39 is 0 Å². The molecular weight excluding hydrogens is 218 g/mol. The molecule has 0 aromatic heterocycles. The minimum atomic E-state index is 0.146. The van der Waals surface area contributed by atoms with Crippen molar-refractivity contribution in [3.05, 3.63) is 0 Å². The first-order valence-corrected chi connectivity index (χ1v) is 6.80. The second kappa shape index (κ2) is 6.36. The van der Waals surface area contributed by atoms with Crippen molar-refractivity contribution in [3.63, 3.8) is 0 Å². The van der Waals surface area contributed by atoms with E-state index in [-0.39, 0.29) is 18.6 Å². The molecule has 2 aliphatic rings. The average Bonchev–Trinajstić information content (AvgIpc) is 2.79. The van der Waals surface area contributed by atoms with Crippen LogP contribution in [0.2, 0.25) is 0 Å². The maximum atomic E-state index is 12.0. The third kappa shape index (κ3) is 3.68. The van der Waals surface area contributed by atoms with Gasteiger partial charge in [0.25, 0.3) is 0 Å². The smallest absolute Gasteiger partial charge is 0.225 e. The zero-order chi connectivity index (χ0) is 12.1. The van der Waals surface area contributed by atoms with Gasteiger partial charge in [-0.25, -0.2) is 0 Å². The summed E-state index contributed by atoms with van der Waals surface area (Å²) in [5, 5.41) is 8.89. The standard InChI is InChI=1S/C13H23NO3/c15-7-5-11-4-6-14(10-11)13(16)9-12-3-1-2-8-17-12/h11-12,15H,1-10H2. The summed E-state index contributed by atoms with van der Waals surface area (Å²) < 4.78 is 5.60.